The minimum Gasteiger partial charge on any atom is -0.324 e. The molecule has 0 bridgehead atoms. The summed E-state index contributed by atoms with van der Waals surface area (Å²) in [5.74, 6) is -0.121. The number of hydrogen-bond donors (Lipinski definition) is 2. The highest BCUT2D eigenvalue weighted by atomic mass is 35.5. The van der Waals surface area contributed by atoms with Crippen LogP contribution in [0.15, 0.2) is 60.0 Å². The number of halogens is 1. The van der Waals surface area contributed by atoms with E-state index < -0.39 is 0 Å². The summed E-state index contributed by atoms with van der Waals surface area (Å²) in [7, 11) is 0. The van der Waals surface area contributed by atoms with E-state index in [-0.39, 0.29) is 18.5 Å². The predicted molar refractivity (Wildman–Crippen MR) is 110 cm³/mol. The van der Waals surface area contributed by atoms with Crippen LogP contribution in [0.2, 0.25) is 5.02 Å². The first-order chi connectivity index (χ1) is 12.5. The topological polar surface area (TPSA) is 41.1 Å². The van der Waals surface area contributed by atoms with E-state index in [1.807, 2.05) is 36.6 Å². The third-order valence-electron chi connectivity index (χ3n) is 4.10. The molecule has 3 rings (SSSR count). The predicted octanol–water partition coefficient (Wildman–Crippen LogP) is 5.34. The van der Waals surface area contributed by atoms with Gasteiger partial charge in [-0.1, -0.05) is 53.6 Å². The van der Waals surface area contributed by atoms with Gasteiger partial charge in [-0.15, -0.1) is 11.3 Å². The second-order valence-corrected chi connectivity index (χ2v) is 7.66. The molecule has 0 fully saturated rings. The van der Waals surface area contributed by atoms with Gasteiger partial charge in [-0.3, -0.25) is 10.1 Å². The zero-order chi connectivity index (χ0) is 18.5. The summed E-state index contributed by atoms with van der Waals surface area (Å²) in [6.07, 6.45) is 0. The van der Waals surface area contributed by atoms with Gasteiger partial charge in [-0.2, -0.15) is 0 Å². The third kappa shape index (κ3) is 4.73. The Morgan fingerprint density at radius 2 is 1.81 bits per heavy atom. The van der Waals surface area contributed by atoms with E-state index in [9.17, 15) is 4.79 Å². The quantitative estimate of drug-likeness (QED) is 0.602. The summed E-state index contributed by atoms with van der Waals surface area (Å²) in [6.45, 7) is 4.23. The van der Waals surface area contributed by atoms with Crippen LogP contribution >= 0.6 is 22.9 Å². The van der Waals surface area contributed by atoms with E-state index in [1.54, 1.807) is 11.3 Å². The lowest BCUT2D eigenvalue weighted by atomic mass is 10.0. The molecular formula is C21H21ClN2OS. The first kappa shape index (κ1) is 18.6. The summed E-state index contributed by atoms with van der Waals surface area (Å²) in [4.78, 5) is 13.6. The molecule has 3 nitrogen and oxygen atoms in total. The molecule has 3 aromatic rings. The average molecular weight is 385 g/mol. The van der Waals surface area contributed by atoms with Crippen LogP contribution in [0, 0.1) is 13.8 Å². The van der Waals surface area contributed by atoms with Crippen LogP contribution in [0.1, 0.15) is 27.6 Å². The van der Waals surface area contributed by atoms with Crippen molar-refractivity contribution in [1.82, 2.24) is 5.32 Å². The fraction of sp³-hybridized carbons (Fsp3) is 0.190. The molecule has 0 aliphatic carbocycles. The fourth-order valence-corrected chi connectivity index (χ4v) is 3.82. The summed E-state index contributed by atoms with van der Waals surface area (Å²) in [6, 6.07) is 18.0. The van der Waals surface area contributed by atoms with Gasteiger partial charge in [0.2, 0.25) is 5.91 Å². The minimum absolute atomic E-state index is 0.0187. The van der Waals surface area contributed by atoms with Crippen molar-refractivity contribution in [3.63, 3.8) is 0 Å². The average Bonchev–Trinajstić information content (AvgIpc) is 3.13. The number of hydrogen-bond acceptors (Lipinski definition) is 3. The largest absolute Gasteiger partial charge is 0.324 e. The van der Waals surface area contributed by atoms with Crippen LogP contribution in [-0.4, -0.2) is 12.5 Å². The maximum atomic E-state index is 12.4. The van der Waals surface area contributed by atoms with Crippen LogP contribution < -0.4 is 10.6 Å². The lowest BCUT2D eigenvalue weighted by molar-refractivity contribution is -0.115. The number of anilines is 1. The molecule has 134 valence electrons. The highest BCUT2D eigenvalue weighted by Crippen LogP contribution is 2.26. The Bertz CT molecular complexity index is 876. The molecule has 1 atom stereocenters. The summed E-state index contributed by atoms with van der Waals surface area (Å²) >= 11 is 7.87. The molecule has 0 aliphatic heterocycles. The molecular weight excluding hydrogens is 364 g/mol. The number of carbonyl (C=O) groups excluding carboxylic acids is 1. The van der Waals surface area contributed by atoms with Gasteiger partial charge in [0.25, 0.3) is 0 Å². The number of aryl methyl sites for hydroxylation is 2. The molecule has 5 heteroatoms. The minimum atomic E-state index is -0.121. The summed E-state index contributed by atoms with van der Waals surface area (Å²) < 4.78 is 0. The summed E-state index contributed by atoms with van der Waals surface area (Å²) in [5.41, 5.74) is 4.04. The number of rotatable bonds is 6. The number of thiophene rings is 1. The SMILES string of the molecule is Cc1ccc([C@@H](NCC(=O)Nc2ccc(C)cc2Cl)c2cccs2)cc1. The molecule has 0 unspecified atom stereocenters. The maximum Gasteiger partial charge on any atom is 0.238 e. The summed E-state index contributed by atoms with van der Waals surface area (Å²) in [5, 5.41) is 8.83. The molecule has 0 spiro atoms. The molecule has 2 N–H and O–H groups in total. The monoisotopic (exact) mass is 384 g/mol. The fourth-order valence-electron chi connectivity index (χ4n) is 2.71. The van der Waals surface area contributed by atoms with Crippen molar-refractivity contribution in [2.75, 3.05) is 11.9 Å². The van der Waals surface area contributed by atoms with Gasteiger partial charge >= 0.3 is 0 Å². The van der Waals surface area contributed by atoms with E-state index in [0.717, 1.165) is 11.1 Å². The zero-order valence-electron chi connectivity index (χ0n) is 14.8. The molecule has 1 amide bonds. The van der Waals surface area contributed by atoms with Crippen LogP contribution in [0.25, 0.3) is 0 Å². The van der Waals surface area contributed by atoms with Crippen LogP contribution in [0.4, 0.5) is 5.69 Å². The van der Waals surface area contributed by atoms with E-state index in [1.165, 1.54) is 10.4 Å². The molecule has 0 aliphatic rings. The third-order valence-corrected chi connectivity index (χ3v) is 5.35. The van der Waals surface area contributed by atoms with Crippen molar-refractivity contribution in [3.8, 4) is 0 Å². The van der Waals surface area contributed by atoms with Crippen molar-refractivity contribution in [2.24, 2.45) is 0 Å². The number of carbonyl (C=O) groups is 1. The molecule has 0 radical (unpaired) electrons. The van der Waals surface area contributed by atoms with E-state index in [4.69, 9.17) is 11.6 Å². The first-order valence-electron chi connectivity index (χ1n) is 8.42. The maximum absolute atomic E-state index is 12.4. The van der Waals surface area contributed by atoms with E-state index >= 15 is 0 Å². The Kier molecular flexibility index (Phi) is 6.09. The van der Waals surface area contributed by atoms with Crippen molar-refractivity contribution in [3.05, 3.63) is 86.6 Å². The van der Waals surface area contributed by atoms with Crippen LogP contribution in [0.5, 0.6) is 0 Å². The van der Waals surface area contributed by atoms with Crippen molar-refractivity contribution in [1.29, 1.82) is 0 Å². The van der Waals surface area contributed by atoms with E-state index in [0.29, 0.717) is 10.7 Å². The van der Waals surface area contributed by atoms with E-state index in [2.05, 4.69) is 47.9 Å². The van der Waals surface area contributed by atoms with Crippen molar-refractivity contribution >= 4 is 34.5 Å². The molecule has 0 saturated carbocycles. The molecule has 26 heavy (non-hydrogen) atoms. The smallest absolute Gasteiger partial charge is 0.238 e. The Morgan fingerprint density at radius 3 is 2.46 bits per heavy atom. The van der Waals surface area contributed by atoms with Gasteiger partial charge in [-0.05, 0) is 48.6 Å². The zero-order valence-corrected chi connectivity index (χ0v) is 16.3. The van der Waals surface area contributed by atoms with Crippen molar-refractivity contribution in [2.45, 2.75) is 19.9 Å². The first-order valence-corrected chi connectivity index (χ1v) is 9.68. The Morgan fingerprint density at radius 1 is 1.08 bits per heavy atom. The normalized spacial score (nSPS) is 12.0. The molecule has 1 aromatic heterocycles. The molecule has 1 heterocycles. The van der Waals surface area contributed by atoms with Crippen LogP contribution in [-0.2, 0) is 4.79 Å². The van der Waals surface area contributed by atoms with Crippen LogP contribution in [0.3, 0.4) is 0 Å². The lowest BCUT2D eigenvalue weighted by Crippen LogP contribution is -2.31. The van der Waals surface area contributed by atoms with Gasteiger partial charge in [0, 0.05) is 4.88 Å². The molecule has 0 saturated heterocycles. The van der Waals surface area contributed by atoms with Gasteiger partial charge in [0.05, 0.1) is 23.3 Å². The molecule has 2 aromatic carbocycles. The number of amides is 1. The Labute approximate surface area is 163 Å². The van der Waals surface area contributed by atoms with Crippen molar-refractivity contribution < 1.29 is 4.79 Å². The van der Waals surface area contributed by atoms with Gasteiger partial charge in [-0.25, -0.2) is 0 Å². The highest BCUT2D eigenvalue weighted by Gasteiger charge is 2.16. The second kappa shape index (κ2) is 8.49. The van der Waals surface area contributed by atoms with Gasteiger partial charge in [0.1, 0.15) is 0 Å². The van der Waals surface area contributed by atoms with Gasteiger partial charge in [0.15, 0.2) is 0 Å². The number of benzene rings is 2. The second-order valence-electron chi connectivity index (χ2n) is 6.27. The standard InChI is InChI=1S/C21H21ClN2OS/c1-14-5-8-16(9-6-14)21(19-4-3-11-26-19)23-13-20(25)24-18-10-7-15(2)12-17(18)22/h3-12,21,23H,13H2,1-2H3,(H,24,25)/t21-/m1/s1. The highest BCUT2D eigenvalue weighted by molar-refractivity contribution is 7.10. The van der Waals surface area contributed by atoms with Gasteiger partial charge < -0.3 is 5.32 Å². The lowest BCUT2D eigenvalue weighted by Gasteiger charge is -2.18. The Hall–Kier alpha value is -2.14. The Balaban J connectivity index is 1.69. The number of nitrogens with one attached hydrogen (secondary N) is 2.